The first-order valence-electron chi connectivity index (χ1n) is 11.7. The minimum atomic E-state index is -2.51. The molecule has 27 heavy (non-hydrogen) atoms. The fraction of sp³-hybridized carbons (Fsp3) is 1.00. The molecule has 3 nitrogen and oxygen atoms in total. The van der Waals surface area contributed by atoms with Gasteiger partial charge < -0.3 is 13.3 Å². The van der Waals surface area contributed by atoms with Gasteiger partial charge in [0.1, 0.15) is 0 Å². The lowest BCUT2D eigenvalue weighted by Gasteiger charge is -2.33. The van der Waals surface area contributed by atoms with E-state index in [2.05, 4.69) is 20.8 Å². The summed E-state index contributed by atoms with van der Waals surface area (Å²) in [6, 6.07) is 0. The highest BCUT2D eigenvalue weighted by atomic mass is 28.4. The molecule has 0 bridgehead atoms. The lowest BCUT2D eigenvalue weighted by molar-refractivity contribution is 0.105. The second kappa shape index (κ2) is 18.1. The van der Waals surface area contributed by atoms with Crippen molar-refractivity contribution in [2.45, 2.75) is 123 Å². The van der Waals surface area contributed by atoms with Gasteiger partial charge in [0, 0.05) is 26.9 Å². The minimum Gasteiger partial charge on any atom is -0.377 e. The molecule has 0 spiro atoms. The molecule has 0 saturated carbocycles. The number of hydrogen-bond acceptors (Lipinski definition) is 3. The van der Waals surface area contributed by atoms with Gasteiger partial charge in [-0.1, -0.05) is 104 Å². The van der Waals surface area contributed by atoms with Gasteiger partial charge in [-0.15, -0.1) is 0 Å². The summed E-state index contributed by atoms with van der Waals surface area (Å²) in [6.07, 6.45) is 20.5. The van der Waals surface area contributed by atoms with Crippen molar-refractivity contribution >= 4 is 8.80 Å². The van der Waals surface area contributed by atoms with Crippen molar-refractivity contribution in [2.75, 3.05) is 21.3 Å². The molecule has 0 heterocycles. The Balaban J connectivity index is 3.80. The van der Waals surface area contributed by atoms with Crippen LogP contribution in [0.15, 0.2) is 0 Å². The molecular weight excluding hydrogens is 352 g/mol. The van der Waals surface area contributed by atoms with Crippen LogP contribution in [0, 0.1) is 5.92 Å². The molecule has 0 radical (unpaired) electrons. The summed E-state index contributed by atoms with van der Waals surface area (Å²) in [5.41, 5.74) is 0.421. The molecular formula is C23H50O3Si. The van der Waals surface area contributed by atoms with Crippen molar-refractivity contribution in [2.24, 2.45) is 5.92 Å². The standard InChI is InChI=1S/C23H50O3Si/c1-7-8-9-10-11-12-13-14-15-16-17-18-19-20-23(21-22(2)3)27(24-4,25-5)26-6/h22-23H,7-21H2,1-6H3. The first-order chi connectivity index (χ1) is 13.1. The second-order valence-electron chi connectivity index (χ2n) is 8.57. The van der Waals surface area contributed by atoms with Gasteiger partial charge in [0.2, 0.25) is 0 Å². The minimum absolute atomic E-state index is 0.421. The Kier molecular flexibility index (Phi) is 18.2. The van der Waals surface area contributed by atoms with Crippen LogP contribution < -0.4 is 0 Å². The Morgan fingerprint density at radius 2 is 0.963 bits per heavy atom. The molecule has 0 aliphatic rings. The van der Waals surface area contributed by atoms with Crippen LogP contribution in [0.5, 0.6) is 0 Å². The van der Waals surface area contributed by atoms with E-state index in [1.54, 1.807) is 21.3 Å². The fourth-order valence-electron chi connectivity index (χ4n) is 4.17. The van der Waals surface area contributed by atoms with E-state index in [-0.39, 0.29) is 0 Å². The van der Waals surface area contributed by atoms with E-state index >= 15 is 0 Å². The Hall–Kier alpha value is 0.0969. The van der Waals surface area contributed by atoms with Crippen LogP contribution in [0.3, 0.4) is 0 Å². The maximum Gasteiger partial charge on any atom is 0.503 e. The van der Waals surface area contributed by atoms with Gasteiger partial charge in [0.05, 0.1) is 0 Å². The molecule has 1 unspecified atom stereocenters. The summed E-state index contributed by atoms with van der Waals surface area (Å²) < 4.78 is 17.3. The van der Waals surface area contributed by atoms with Gasteiger partial charge in [0.15, 0.2) is 0 Å². The zero-order valence-corrected chi connectivity index (χ0v) is 20.5. The lowest BCUT2D eigenvalue weighted by atomic mass is 10.0. The summed E-state index contributed by atoms with van der Waals surface area (Å²) in [7, 11) is 2.73. The summed E-state index contributed by atoms with van der Waals surface area (Å²) in [6.45, 7) is 6.84. The van der Waals surface area contributed by atoms with Crippen molar-refractivity contribution in [3.63, 3.8) is 0 Å². The highest BCUT2D eigenvalue weighted by molar-refractivity contribution is 6.62. The van der Waals surface area contributed by atoms with E-state index in [9.17, 15) is 0 Å². The lowest BCUT2D eigenvalue weighted by Crippen LogP contribution is -2.48. The molecule has 164 valence electrons. The van der Waals surface area contributed by atoms with Crippen LogP contribution in [0.1, 0.15) is 117 Å². The van der Waals surface area contributed by atoms with Crippen LogP contribution in [-0.4, -0.2) is 30.1 Å². The quantitative estimate of drug-likeness (QED) is 0.154. The normalized spacial score (nSPS) is 13.4. The van der Waals surface area contributed by atoms with E-state index in [1.165, 1.54) is 83.5 Å². The Morgan fingerprint density at radius 1 is 0.593 bits per heavy atom. The summed E-state index contributed by atoms with van der Waals surface area (Å²) >= 11 is 0. The van der Waals surface area contributed by atoms with Crippen molar-refractivity contribution in [3.8, 4) is 0 Å². The first-order valence-corrected chi connectivity index (χ1v) is 13.5. The third-order valence-corrected chi connectivity index (χ3v) is 9.00. The molecule has 4 heteroatoms. The highest BCUT2D eigenvalue weighted by Gasteiger charge is 2.46. The predicted molar refractivity (Wildman–Crippen MR) is 120 cm³/mol. The Morgan fingerprint density at radius 3 is 1.30 bits per heavy atom. The maximum absolute atomic E-state index is 5.76. The highest BCUT2D eigenvalue weighted by Crippen LogP contribution is 2.35. The molecule has 0 N–H and O–H groups in total. The first kappa shape index (κ1) is 27.1. The fourth-order valence-corrected chi connectivity index (χ4v) is 6.98. The molecule has 0 aromatic heterocycles. The Bertz CT molecular complexity index is 298. The number of rotatable bonds is 20. The molecule has 0 aliphatic carbocycles. The molecule has 0 aromatic rings. The summed E-state index contributed by atoms with van der Waals surface area (Å²) in [4.78, 5) is 0. The SMILES string of the molecule is CCCCCCCCCCCCCCCC(CC(C)C)[Si](OC)(OC)OC. The van der Waals surface area contributed by atoms with Crippen LogP contribution in [0.2, 0.25) is 5.54 Å². The molecule has 1 atom stereocenters. The molecule has 0 rings (SSSR count). The van der Waals surface area contributed by atoms with Gasteiger partial charge in [-0.25, -0.2) is 0 Å². The van der Waals surface area contributed by atoms with E-state index in [0.717, 1.165) is 12.8 Å². The molecule has 0 amide bonds. The van der Waals surface area contributed by atoms with Crippen LogP contribution in [0.25, 0.3) is 0 Å². The summed E-state index contributed by atoms with van der Waals surface area (Å²) in [5, 5.41) is 0. The maximum atomic E-state index is 5.76. The van der Waals surface area contributed by atoms with Crippen LogP contribution in [0.4, 0.5) is 0 Å². The summed E-state index contributed by atoms with van der Waals surface area (Å²) in [5.74, 6) is 0.643. The third-order valence-electron chi connectivity index (χ3n) is 5.77. The number of unbranched alkanes of at least 4 members (excludes halogenated alkanes) is 12. The molecule has 0 fully saturated rings. The van der Waals surface area contributed by atoms with Crippen LogP contribution >= 0.6 is 0 Å². The van der Waals surface area contributed by atoms with E-state index < -0.39 is 8.80 Å². The topological polar surface area (TPSA) is 27.7 Å². The van der Waals surface area contributed by atoms with Crippen molar-refractivity contribution in [1.29, 1.82) is 0 Å². The zero-order chi connectivity index (χ0) is 20.4. The van der Waals surface area contributed by atoms with E-state index in [1.807, 2.05) is 0 Å². The van der Waals surface area contributed by atoms with Crippen molar-refractivity contribution < 1.29 is 13.3 Å². The monoisotopic (exact) mass is 402 g/mol. The van der Waals surface area contributed by atoms with E-state index in [4.69, 9.17) is 13.3 Å². The van der Waals surface area contributed by atoms with Crippen LogP contribution in [-0.2, 0) is 13.3 Å². The van der Waals surface area contributed by atoms with Gasteiger partial charge in [-0.3, -0.25) is 0 Å². The smallest absolute Gasteiger partial charge is 0.377 e. The van der Waals surface area contributed by atoms with E-state index in [0.29, 0.717) is 11.5 Å². The molecule has 0 aliphatic heterocycles. The van der Waals surface area contributed by atoms with Gasteiger partial charge in [0.25, 0.3) is 0 Å². The number of hydrogen-bond donors (Lipinski definition) is 0. The van der Waals surface area contributed by atoms with Gasteiger partial charge in [-0.05, 0) is 18.8 Å². The third kappa shape index (κ3) is 13.0. The predicted octanol–water partition coefficient (Wildman–Crippen LogP) is 7.76. The van der Waals surface area contributed by atoms with Gasteiger partial charge >= 0.3 is 8.80 Å². The largest absolute Gasteiger partial charge is 0.503 e. The zero-order valence-electron chi connectivity index (χ0n) is 19.5. The Labute approximate surface area is 172 Å². The van der Waals surface area contributed by atoms with Crippen molar-refractivity contribution in [3.05, 3.63) is 0 Å². The average Bonchev–Trinajstić information content (AvgIpc) is 2.66. The van der Waals surface area contributed by atoms with Gasteiger partial charge in [-0.2, -0.15) is 0 Å². The molecule has 0 saturated heterocycles. The molecule has 0 aromatic carbocycles. The second-order valence-corrected chi connectivity index (χ2v) is 11.8. The average molecular weight is 403 g/mol. The van der Waals surface area contributed by atoms with Crippen molar-refractivity contribution in [1.82, 2.24) is 0 Å².